The standard InChI is InChI=1S/C16H27N/c1-5-14-7-9-15(10-8-14)11-12-16(13(3)4)17-6-2/h7-10,13,16-17H,5-6,11-12H2,1-4H3. The van der Waals surface area contributed by atoms with Crippen molar-refractivity contribution in [2.24, 2.45) is 5.92 Å². The summed E-state index contributed by atoms with van der Waals surface area (Å²) in [4.78, 5) is 0. The third-order valence-corrected chi connectivity index (χ3v) is 3.45. The van der Waals surface area contributed by atoms with Gasteiger partial charge in [-0.25, -0.2) is 0 Å². The Bertz CT molecular complexity index is 300. The molecule has 0 radical (unpaired) electrons. The molecule has 0 aliphatic carbocycles. The molecule has 1 rings (SSSR count). The Kier molecular flexibility index (Phi) is 6.28. The van der Waals surface area contributed by atoms with E-state index in [1.165, 1.54) is 24.0 Å². The maximum atomic E-state index is 3.57. The van der Waals surface area contributed by atoms with Gasteiger partial charge in [0.05, 0.1) is 0 Å². The predicted octanol–water partition coefficient (Wildman–Crippen LogP) is 3.82. The second-order valence-electron chi connectivity index (χ2n) is 5.12. The molecule has 0 heterocycles. The molecule has 0 aliphatic rings. The molecule has 96 valence electrons. The van der Waals surface area contributed by atoms with Crippen LogP contribution < -0.4 is 5.32 Å². The molecule has 0 aromatic heterocycles. The molecule has 0 saturated heterocycles. The highest BCUT2D eigenvalue weighted by molar-refractivity contribution is 5.22. The van der Waals surface area contributed by atoms with Crippen LogP contribution in [-0.4, -0.2) is 12.6 Å². The highest BCUT2D eigenvalue weighted by Crippen LogP contribution is 2.12. The van der Waals surface area contributed by atoms with E-state index in [4.69, 9.17) is 0 Å². The van der Waals surface area contributed by atoms with Gasteiger partial charge in [0.15, 0.2) is 0 Å². The van der Waals surface area contributed by atoms with Gasteiger partial charge in [-0.1, -0.05) is 52.0 Å². The van der Waals surface area contributed by atoms with E-state index in [2.05, 4.69) is 57.3 Å². The SMILES string of the molecule is CCNC(CCc1ccc(CC)cc1)C(C)C. The average Bonchev–Trinajstić information content (AvgIpc) is 2.34. The van der Waals surface area contributed by atoms with Crippen LogP contribution in [0.5, 0.6) is 0 Å². The lowest BCUT2D eigenvalue weighted by Crippen LogP contribution is -2.34. The number of benzene rings is 1. The van der Waals surface area contributed by atoms with Gasteiger partial charge in [-0.05, 0) is 42.9 Å². The minimum Gasteiger partial charge on any atom is -0.314 e. The van der Waals surface area contributed by atoms with Crippen molar-refractivity contribution in [3.05, 3.63) is 35.4 Å². The fourth-order valence-corrected chi connectivity index (χ4v) is 2.20. The fraction of sp³-hybridized carbons (Fsp3) is 0.625. The van der Waals surface area contributed by atoms with Crippen LogP contribution in [-0.2, 0) is 12.8 Å². The van der Waals surface area contributed by atoms with Crippen LogP contribution in [0.4, 0.5) is 0 Å². The van der Waals surface area contributed by atoms with E-state index >= 15 is 0 Å². The van der Waals surface area contributed by atoms with Crippen molar-refractivity contribution in [2.75, 3.05) is 6.54 Å². The van der Waals surface area contributed by atoms with E-state index in [9.17, 15) is 0 Å². The van der Waals surface area contributed by atoms with Gasteiger partial charge >= 0.3 is 0 Å². The lowest BCUT2D eigenvalue weighted by Gasteiger charge is -2.21. The number of nitrogens with one attached hydrogen (secondary N) is 1. The molecule has 0 spiro atoms. The Hall–Kier alpha value is -0.820. The molecule has 1 unspecified atom stereocenters. The average molecular weight is 233 g/mol. The van der Waals surface area contributed by atoms with Crippen LogP contribution in [0.25, 0.3) is 0 Å². The summed E-state index contributed by atoms with van der Waals surface area (Å²) >= 11 is 0. The van der Waals surface area contributed by atoms with Gasteiger partial charge in [0, 0.05) is 6.04 Å². The molecule has 0 saturated carbocycles. The topological polar surface area (TPSA) is 12.0 Å². The van der Waals surface area contributed by atoms with Gasteiger partial charge in [0.1, 0.15) is 0 Å². The molecule has 1 aromatic rings. The summed E-state index contributed by atoms with van der Waals surface area (Å²) in [5, 5.41) is 3.57. The van der Waals surface area contributed by atoms with Crippen molar-refractivity contribution in [2.45, 2.75) is 53.0 Å². The van der Waals surface area contributed by atoms with Gasteiger partial charge < -0.3 is 5.32 Å². The first kappa shape index (κ1) is 14.2. The van der Waals surface area contributed by atoms with Crippen LogP contribution in [0.2, 0.25) is 0 Å². The Labute approximate surface area is 107 Å². The highest BCUT2D eigenvalue weighted by atomic mass is 14.9. The van der Waals surface area contributed by atoms with E-state index in [-0.39, 0.29) is 0 Å². The summed E-state index contributed by atoms with van der Waals surface area (Å²) in [6.07, 6.45) is 3.54. The van der Waals surface area contributed by atoms with Gasteiger partial charge in [0.25, 0.3) is 0 Å². The summed E-state index contributed by atoms with van der Waals surface area (Å²) in [6.45, 7) is 10.1. The van der Waals surface area contributed by atoms with E-state index in [1.54, 1.807) is 0 Å². The lowest BCUT2D eigenvalue weighted by atomic mass is 9.96. The third kappa shape index (κ3) is 4.91. The summed E-state index contributed by atoms with van der Waals surface area (Å²) in [5.74, 6) is 0.713. The molecule has 1 N–H and O–H groups in total. The first-order valence-electron chi connectivity index (χ1n) is 6.98. The Morgan fingerprint density at radius 2 is 1.59 bits per heavy atom. The quantitative estimate of drug-likeness (QED) is 0.755. The Morgan fingerprint density at radius 1 is 1.00 bits per heavy atom. The molecule has 0 amide bonds. The molecular formula is C16H27N. The van der Waals surface area contributed by atoms with Gasteiger partial charge in [-0.3, -0.25) is 0 Å². The second-order valence-corrected chi connectivity index (χ2v) is 5.12. The van der Waals surface area contributed by atoms with Crippen molar-refractivity contribution in [1.82, 2.24) is 5.32 Å². The molecule has 0 bridgehead atoms. The van der Waals surface area contributed by atoms with Crippen molar-refractivity contribution >= 4 is 0 Å². The van der Waals surface area contributed by atoms with E-state index in [1.807, 2.05) is 0 Å². The first-order valence-corrected chi connectivity index (χ1v) is 6.98. The summed E-state index contributed by atoms with van der Waals surface area (Å²) in [5.41, 5.74) is 2.89. The summed E-state index contributed by atoms with van der Waals surface area (Å²) < 4.78 is 0. The summed E-state index contributed by atoms with van der Waals surface area (Å²) in [7, 11) is 0. The smallest absolute Gasteiger partial charge is 0.00931 e. The maximum absolute atomic E-state index is 3.57. The lowest BCUT2D eigenvalue weighted by molar-refractivity contribution is 0.385. The molecular weight excluding hydrogens is 206 g/mol. The number of hydrogen-bond donors (Lipinski definition) is 1. The first-order chi connectivity index (χ1) is 8.17. The van der Waals surface area contributed by atoms with E-state index in [0.29, 0.717) is 12.0 Å². The van der Waals surface area contributed by atoms with Crippen LogP contribution in [0, 0.1) is 5.92 Å². The van der Waals surface area contributed by atoms with Crippen LogP contribution in [0.3, 0.4) is 0 Å². The Morgan fingerprint density at radius 3 is 2.06 bits per heavy atom. The molecule has 1 nitrogen and oxygen atoms in total. The summed E-state index contributed by atoms with van der Waals surface area (Å²) in [6, 6.07) is 9.72. The van der Waals surface area contributed by atoms with Crippen molar-refractivity contribution in [3.63, 3.8) is 0 Å². The largest absolute Gasteiger partial charge is 0.314 e. The van der Waals surface area contributed by atoms with Gasteiger partial charge in [-0.15, -0.1) is 0 Å². The van der Waals surface area contributed by atoms with Crippen LogP contribution in [0.15, 0.2) is 24.3 Å². The number of aryl methyl sites for hydroxylation is 2. The van der Waals surface area contributed by atoms with Gasteiger partial charge in [-0.2, -0.15) is 0 Å². The predicted molar refractivity (Wildman–Crippen MR) is 76.4 cm³/mol. The minimum atomic E-state index is 0.644. The van der Waals surface area contributed by atoms with Crippen LogP contribution >= 0.6 is 0 Å². The normalized spacial score (nSPS) is 13.0. The molecule has 1 aromatic carbocycles. The van der Waals surface area contributed by atoms with Gasteiger partial charge in [0.2, 0.25) is 0 Å². The zero-order valence-corrected chi connectivity index (χ0v) is 11.8. The van der Waals surface area contributed by atoms with Crippen molar-refractivity contribution < 1.29 is 0 Å². The molecule has 1 atom stereocenters. The van der Waals surface area contributed by atoms with E-state index < -0.39 is 0 Å². The van der Waals surface area contributed by atoms with E-state index in [0.717, 1.165) is 13.0 Å². The fourth-order valence-electron chi connectivity index (χ4n) is 2.20. The molecule has 17 heavy (non-hydrogen) atoms. The maximum Gasteiger partial charge on any atom is 0.00931 e. The zero-order valence-electron chi connectivity index (χ0n) is 11.8. The highest BCUT2D eigenvalue weighted by Gasteiger charge is 2.11. The molecule has 1 heteroatoms. The number of rotatable bonds is 7. The monoisotopic (exact) mass is 233 g/mol. The zero-order chi connectivity index (χ0) is 12.7. The second kappa shape index (κ2) is 7.50. The Balaban J connectivity index is 2.47. The number of hydrogen-bond acceptors (Lipinski definition) is 1. The molecule has 0 fully saturated rings. The minimum absolute atomic E-state index is 0.644. The third-order valence-electron chi connectivity index (χ3n) is 3.45. The van der Waals surface area contributed by atoms with Crippen LogP contribution in [0.1, 0.15) is 45.2 Å². The molecule has 0 aliphatic heterocycles. The van der Waals surface area contributed by atoms with Crippen molar-refractivity contribution in [1.29, 1.82) is 0 Å². The van der Waals surface area contributed by atoms with Crippen molar-refractivity contribution in [3.8, 4) is 0 Å².